The summed E-state index contributed by atoms with van der Waals surface area (Å²) in [6.45, 7) is 5.88. The van der Waals surface area contributed by atoms with Crippen molar-refractivity contribution in [3.05, 3.63) is 58.1 Å². The van der Waals surface area contributed by atoms with Crippen LogP contribution in [0.25, 0.3) is 0 Å². The molecule has 2 aromatic rings. The number of nitrogen functional groups attached to an aromatic ring is 1. The van der Waals surface area contributed by atoms with Crippen molar-refractivity contribution in [2.75, 3.05) is 12.8 Å². The minimum atomic E-state index is -0.105. The lowest BCUT2D eigenvalue weighted by Gasteiger charge is -2.14. The van der Waals surface area contributed by atoms with E-state index >= 15 is 0 Å². The van der Waals surface area contributed by atoms with Crippen molar-refractivity contribution < 1.29 is 9.53 Å². The SMILES string of the molecule is COc1c(C(=O)c2cc(C)ccc2N)ccc(C)c1C. The predicted molar refractivity (Wildman–Crippen MR) is 81.5 cm³/mol. The van der Waals surface area contributed by atoms with E-state index in [1.54, 1.807) is 19.2 Å². The summed E-state index contributed by atoms with van der Waals surface area (Å²) in [5, 5.41) is 0. The Morgan fingerprint density at radius 2 is 1.75 bits per heavy atom. The fourth-order valence-corrected chi connectivity index (χ4v) is 2.24. The number of aryl methyl sites for hydroxylation is 2. The zero-order chi connectivity index (χ0) is 14.9. The van der Waals surface area contributed by atoms with Crippen molar-refractivity contribution in [2.45, 2.75) is 20.8 Å². The maximum Gasteiger partial charge on any atom is 0.198 e. The van der Waals surface area contributed by atoms with Gasteiger partial charge < -0.3 is 10.5 Å². The van der Waals surface area contributed by atoms with Crippen molar-refractivity contribution in [1.29, 1.82) is 0 Å². The van der Waals surface area contributed by atoms with E-state index in [4.69, 9.17) is 10.5 Å². The molecule has 0 aliphatic rings. The summed E-state index contributed by atoms with van der Waals surface area (Å²) < 4.78 is 5.41. The highest BCUT2D eigenvalue weighted by Crippen LogP contribution is 2.29. The predicted octanol–water partition coefficient (Wildman–Crippen LogP) is 3.43. The lowest BCUT2D eigenvalue weighted by Crippen LogP contribution is -2.08. The monoisotopic (exact) mass is 269 g/mol. The first kappa shape index (κ1) is 14.1. The van der Waals surface area contributed by atoms with Gasteiger partial charge in [0, 0.05) is 11.3 Å². The Hall–Kier alpha value is -2.29. The second kappa shape index (κ2) is 5.37. The maximum absolute atomic E-state index is 12.7. The summed E-state index contributed by atoms with van der Waals surface area (Å²) in [5.41, 5.74) is 10.6. The van der Waals surface area contributed by atoms with Crippen LogP contribution in [0, 0.1) is 20.8 Å². The molecule has 104 valence electrons. The molecule has 20 heavy (non-hydrogen) atoms. The van der Waals surface area contributed by atoms with Crippen LogP contribution in [0.15, 0.2) is 30.3 Å². The van der Waals surface area contributed by atoms with Crippen LogP contribution in [0.2, 0.25) is 0 Å². The van der Waals surface area contributed by atoms with Crippen molar-refractivity contribution in [1.82, 2.24) is 0 Å². The second-order valence-electron chi connectivity index (χ2n) is 5.01. The number of hydrogen-bond donors (Lipinski definition) is 1. The molecule has 0 radical (unpaired) electrons. The minimum Gasteiger partial charge on any atom is -0.496 e. The number of benzene rings is 2. The quantitative estimate of drug-likeness (QED) is 0.686. The van der Waals surface area contributed by atoms with Gasteiger partial charge in [-0.05, 0) is 50.1 Å². The molecule has 0 saturated carbocycles. The molecule has 0 aliphatic heterocycles. The summed E-state index contributed by atoms with van der Waals surface area (Å²) in [7, 11) is 1.58. The third-order valence-corrected chi connectivity index (χ3v) is 3.58. The van der Waals surface area contributed by atoms with Gasteiger partial charge in [-0.15, -0.1) is 0 Å². The first-order chi connectivity index (χ1) is 9.45. The lowest BCUT2D eigenvalue weighted by molar-refractivity contribution is 0.103. The van der Waals surface area contributed by atoms with Gasteiger partial charge in [0.05, 0.1) is 12.7 Å². The Morgan fingerprint density at radius 1 is 1.05 bits per heavy atom. The van der Waals surface area contributed by atoms with Gasteiger partial charge in [-0.1, -0.05) is 17.7 Å². The minimum absolute atomic E-state index is 0.105. The molecule has 2 rings (SSSR count). The number of methoxy groups -OCH3 is 1. The molecule has 0 unspecified atom stereocenters. The van der Waals surface area contributed by atoms with E-state index < -0.39 is 0 Å². The maximum atomic E-state index is 12.7. The smallest absolute Gasteiger partial charge is 0.198 e. The van der Waals surface area contributed by atoms with Crippen molar-refractivity contribution in [3.63, 3.8) is 0 Å². The molecule has 0 fully saturated rings. The normalized spacial score (nSPS) is 10.4. The van der Waals surface area contributed by atoms with Gasteiger partial charge in [0.25, 0.3) is 0 Å². The number of ether oxygens (including phenoxy) is 1. The van der Waals surface area contributed by atoms with Crippen LogP contribution in [0.5, 0.6) is 5.75 Å². The van der Waals surface area contributed by atoms with Gasteiger partial charge in [0.2, 0.25) is 0 Å². The average molecular weight is 269 g/mol. The fraction of sp³-hybridized carbons (Fsp3) is 0.235. The van der Waals surface area contributed by atoms with Gasteiger partial charge in [0.15, 0.2) is 5.78 Å². The van der Waals surface area contributed by atoms with Gasteiger partial charge in [-0.25, -0.2) is 0 Å². The number of carbonyl (C=O) groups is 1. The summed E-state index contributed by atoms with van der Waals surface area (Å²) >= 11 is 0. The van der Waals surface area contributed by atoms with Crippen LogP contribution in [0.3, 0.4) is 0 Å². The Labute approximate surface area is 119 Å². The van der Waals surface area contributed by atoms with Crippen LogP contribution in [0.1, 0.15) is 32.6 Å². The number of nitrogens with two attached hydrogens (primary N) is 1. The van der Waals surface area contributed by atoms with Crippen molar-refractivity contribution in [3.8, 4) is 5.75 Å². The first-order valence-corrected chi connectivity index (χ1v) is 6.50. The lowest BCUT2D eigenvalue weighted by atomic mass is 9.96. The highest BCUT2D eigenvalue weighted by atomic mass is 16.5. The zero-order valence-corrected chi connectivity index (χ0v) is 12.3. The van der Waals surface area contributed by atoms with Gasteiger partial charge >= 0.3 is 0 Å². The topological polar surface area (TPSA) is 52.3 Å². The van der Waals surface area contributed by atoms with Crippen LogP contribution in [-0.2, 0) is 0 Å². The van der Waals surface area contributed by atoms with Crippen molar-refractivity contribution in [2.24, 2.45) is 0 Å². The van der Waals surface area contributed by atoms with E-state index in [9.17, 15) is 4.79 Å². The zero-order valence-electron chi connectivity index (χ0n) is 12.3. The van der Waals surface area contributed by atoms with Crippen molar-refractivity contribution >= 4 is 11.5 Å². The summed E-state index contributed by atoms with van der Waals surface area (Å²) in [6.07, 6.45) is 0. The number of rotatable bonds is 3. The molecular formula is C17H19NO2. The second-order valence-corrected chi connectivity index (χ2v) is 5.01. The van der Waals surface area contributed by atoms with E-state index in [2.05, 4.69) is 0 Å². The molecule has 0 amide bonds. The molecule has 2 N–H and O–H groups in total. The average Bonchev–Trinajstić information content (AvgIpc) is 2.43. The highest BCUT2D eigenvalue weighted by molar-refractivity contribution is 6.14. The highest BCUT2D eigenvalue weighted by Gasteiger charge is 2.19. The molecule has 3 nitrogen and oxygen atoms in total. The number of hydrogen-bond acceptors (Lipinski definition) is 3. The molecule has 0 aliphatic carbocycles. The molecule has 0 bridgehead atoms. The van der Waals surface area contributed by atoms with Gasteiger partial charge in [-0.2, -0.15) is 0 Å². The molecule has 3 heteroatoms. The van der Waals surface area contributed by atoms with Crippen LogP contribution < -0.4 is 10.5 Å². The molecule has 0 atom stereocenters. The van der Waals surface area contributed by atoms with E-state index in [0.717, 1.165) is 16.7 Å². The molecule has 2 aromatic carbocycles. The number of carbonyl (C=O) groups excluding carboxylic acids is 1. The molecule has 0 heterocycles. The largest absolute Gasteiger partial charge is 0.496 e. The van der Waals surface area contributed by atoms with Crippen LogP contribution >= 0.6 is 0 Å². The first-order valence-electron chi connectivity index (χ1n) is 6.50. The van der Waals surface area contributed by atoms with Crippen LogP contribution in [-0.4, -0.2) is 12.9 Å². The molecule has 0 saturated heterocycles. The third-order valence-electron chi connectivity index (χ3n) is 3.58. The molecule has 0 spiro atoms. The summed E-state index contributed by atoms with van der Waals surface area (Å²) in [4.78, 5) is 12.7. The standard InChI is InChI=1S/C17H19NO2/c1-10-5-8-15(18)14(9-10)16(19)13-7-6-11(2)12(3)17(13)20-4/h5-9H,18H2,1-4H3. The third kappa shape index (κ3) is 2.39. The Bertz CT molecular complexity index is 675. The Balaban J connectivity index is 2.59. The Morgan fingerprint density at radius 3 is 2.40 bits per heavy atom. The summed E-state index contributed by atoms with van der Waals surface area (Å²) in [5.74, 6) is 0.516. The van der Waals surface area contributed by atoms with E-state index in [0.29, 0.717) is 22.6 Å². The molecule has 0 aromatic heterocycles. The summed E-state index contributed by atoms with van der Waals surface area (Å²) in [6, 6.07) is 9.19. The molecular weight excluding hydrogens is 250 g/mol. The van der Waals surface area contributed by atoms with Gasteiger partial charge in [-0.3, -0.25) is 4.79 Å². The van der Waals surface area contributed by atoms with Crippen LogP contribution in [0.4, 0.5) is 5.69 Å². The Kier molecular flexibility index (Phi) is 3.79. The number of anilines is 1. The van der Waals surface area contributed by atoms with E-state index in [-0.39, 0.29) is 5.78 Å². The van der Waals surface area contributed by atoms with E-state index in [1.165, 1.54) is 0 Å². The fourth-order valence-electron chi connectivity index (χ4n) is 2.24. The van der Waals surface area contributed by atoms with E-state index in [1.807, 2.05) is 39.0 Å². The van der Waals surface area contributed by atoms with Gasteiger partial charge in [0.1, 0.15) is 5.75 Å². The number of ketones is 1.